The Bertz CT molecular complexity index is 359. The lowest BCUT2D eigenvalue weighted by atomic mass is 9.95. The summed E-state index contributed by atoms with van der Waals surface area (Å²) in [4.78, 5) is 22.8. The molecule has 1 saturated carbocycles. The summed E-state index contributed by atoms with van der Waals surface area (Å²) in [5, 5.41) is 11.4. The normalized spacial score (nSPS) is 26.5. The van der Waals surface area contributed by atoms with Crippen molar-refractivity contribution in [3.05, 3.63) is 0 Å². The van der Waals surface area contributed by atoms with E-state index in [1.54, 1.807) is 0 Å². The van der Waals surface area contributed by atoms with Crippen LogP contribution in [0.4, 0.5) is 13.2 Å². The zero-order valence-electron chi connectivity index (χ0n) is 11.1. The number of carbonyl (C=O) groups excluding carboxylic acids is 1. The summed E-state index contributed by atoms with van der Waals surface area (Å²) in [7, 11) is 0. The molecule has 0 bridgehead atoms. The Morgan fingerprint density at radius 2 is 1.90 bits per heavy atom. The minimum absolute atomic E-state index is 0.0634. The fourth-order valence-corrected chi connectivity index (χ4v) is 2.42. The lowest BCUT2D eigenvalue weighted by Gasteiger charge is -2.15. The van der Waals surface area contributed by atoms with E-state index < -0.39 is 36.5 Å². The van der Waals surface area contributed by atoms with E-state index in [-0.39, 0.29) is 19.1 Å². The van der Waals surface area contributed by atoms with Gasteiger partial charge >= 0.3 is 12.1 Å². The van der Waals surface area contributed by atoms with E-state index in [0.29, 0.717) is 12.8 Å². The van der Waals surface area contributed by atoms with Crippen molar-refractivity contribution < 1.29 is 32.6 Å². The SMILES string of the molecule is CC1C[C@H](C(=O)NCCOCC(F)(F)F)[C@H](C(=O)O)C1. The van der Waals surface area contributed by atoms with E-state index in [4.69, 9.17) is 5.11 Å². The molecule has 0 spiro atoms. The van der Waals surface area contributed by atoms with Crippen LogP contribution >= 0.6 is 0 Å². The highest BCUT2D eigenvalue weighted by molar-refractivity contribution is 5.85. The standard InChI is InChI=1S/C12H18F3NO4/c1-7-4-8(9(5-7)11(18)19)10(17)16-2-3-20-6-12(13,14)15/h7-9H,2-6H2,1H3,(H,16,17)(H,18,19)/t7?,8-,9+/m0/s1. The van der Waals surface area contributed by atoms with Crippen LogP contribution in [0.5, 0.6) is 0 Å². The number of aliphatic carboxylic acids is 1. The van der Waals surface area contributed by atoms with Crippen LogP contribution in [0.2, 0.25) is 0 Å². The van der Waals surface area contributed by atoms with Crippen LogP contribution in [0, 0.1) is 17.8 Å². The van der Waals surface area contributed by atoms with Crippen LogP contribution in [0.1, 0.15) is 19.8 Å². The molecule has 0 aromatic carbocycles. The predicted octanol–water partition coefficient (Wildman–Crippen LogP) is 1.43. The van der Waals surface area contributed by atoms with Gasteiger partial charge in [-0.05, 0) is 18.8 Å². The van der Waals surface area contributed by atoms with Crippen LogP contribution in [-0.2, 0) is 14.3 Å². The molecule has 2 N–H and O–H groups in total. The molecule has 0 radical (unpaired) electrons. The predicted molar refractivity (Wildman–Crippen MR) is 62.9 cm³/mol. The zero-order chi connectivity index (χ0) is 15.3. The van der Waals surface area contributed by atoms with Crippen molar-refractivity contribution in [2.75, 3.05) is 19.8 Å². The van der Waals surface area contributed by atoms with Gasteiger partial charge in [0, 0.05) is 6.54 Å². The third-order valence-electron chi connectivity index (χ3n) is 3.26. The Balaban J connectivity index is 2.30. The van der Waals surface area contributed by atoms with Gasteiger partial charge in [-0.25, -0.2) is 0 Å². The van der Waals surface area contributed by atoms with Crippen LogP contribution in [0.25, 0.3) is 0 Å². The summed E-state index contributed by atoms with van der Waals surface area (Å²) < 4.78 is 39.7. The van der Waals surface area contributed by atoms with Crippen molar-refractivity contribution in [1.82, 2.24) is 5.32 Å². The van der Waals surface area contributed by atoms with Crippen LogP contribution in [-0.4, -0.2) is 42.9 Å². The van der Waals surface area contributed by atoms with Crippen molar-refractivity contribution in [2.24, 2.45) is 17.8 Å². The molecule has 1 unspecified atom stereocenters. The van der Waals surface area contributed by atoms with Gasteiger partial charge in [0.15, 0.2) is 0 Å². The smallest absolute Gasteiger partial charge is 0.411 e. The fraction of sp³-hybridized carbons (Fsp3) is 0.833. The first-order valence-corrected chi connectivity index (χ1v) is 6.35. The first-order valence-electron chi connectivity index (χ1n) is 6.35. The van der Waals surface area contributed by atoms with Gasteiger partial charge in [-0.1, -0.05) is 6.92 Å². The molecule has 0 saturated heterocycles. The first kappa shape index (κ1) is 16.7. The summed E-state index contributed by atoms with van der Waals surface area (Å²) in [6, 6.07) is 0. The number of halogens is 3. The van der Waals surface area contributed by atoms with Crippen molar-refractivity contribution in [1.29, 1.82) is 0 Å². The van der Waals surface area contributed by atoms with E-state index in [1.165, 1.54) is 0 Å². The van der Waals surface area contributed by atoms with Crippen molar-refractivity contribution >= 4 is 11.9 Å². The Kier molecular flexibility index (Phi) is 5.79. The summed E-state index contributed by atoms with van der Waals surface area (Å²) in [6.45, 7) is 0.189. The lowest BCUT2D eigenvalue weighted by molar-refractivity contribution is -0.173. The van der Waals surface area contributed by atoms with Gasteiger partial charge in [0.05, 0.1) is 18.4 Å². The average molecular weight is 297 g/mol. The highest BCUT2D eigenvalue weighted by atomic mass is 19.4. The highest BCUT2D eigenvalue weighted by Crippen LogP contribution is 2.36. The quantitative estimate of drug-likeness (QED) is 0.727. The molecular weight excluding hydrogens is 279 g/mol. The highest BCUT2D eigenvalue weighted by Gasteiger charge is 2.41. The van der Waals surface area contributed by atoms with E-state index in [2.05, 4.69) is 10.1 Å². The second-order valence-electron chi connectivity index (χ2n) is 5.09. The number of carboxylic acid groups (broad SMARTS) is 1. The molecule has 1 aliphatic carbocycles. The number of amides is 1. The number of rotatable bonds is 6. The van der Waals surface area contributed by atoms with Gasteiger partial charge in [-0.15, -0.1) is 0 Å². The minimum atomic E-state index is -4.39. The molecule has 20 heavy (non-hydrogen) atoms. The fourth-order valence-electron chi connectivity index (χ4n) is 2.42. The first-order chi connectivity index (χ1) is 9.20. The average Bonchev–Trinajstić information content (AvgIpc) is 2.69. The monoisotopic (exact) mass is 297 g/mol. The lowest BCUT2D eigenvalue weighted by Crippen LogP contribution is -2.37. The van der Waals surface area contributed by atoms with Crippen LogP contribution < -0.4 is 5.32 Å². The van der Waals surface area contributed by atoms with Gasteiger partial charge in [0.25, 0.3) is 0 Å². The Hall–Kier alpha value is -1.31. The second kappa shape index (κ2) is 6.92. The van der Waals surface area contributed by atoms with E-state index in [9.17, 15) is 22.8 Å². The molecule has 1 aliphatic rings. The molecule has 5 nitrogen and oxygen atoms in total. The van der Waals surface area contributed by atoms with Gasteiger partial charge in [0.1, 0.15) is 6.61 Å². The number of nitrogens with one attached hydrogen (secondary N) is 1. The molecule has 0 aliphatic heterocycles. The van der Waals surface area contributed by atoms with Crippen LogP contribution in [0.3, 0.4) is 0 Å². The van der Waals surface area contributed by atoms with E-state index in [1.807, 2.05) is 6.92 Å². The second-order valence-corrected chi connectivity index (χ2v) is 5.09. The number of carboxylic acids is 1. The topological polar surface area (TPSA) is 75.6 Å². The third kappa shape index (κ3) is 5.36. The maximum atomic E-state index is 11.8. The molecule has 1 amide bonds. The number of hydrogen-bond acceptors (Lipinski definition) is 3. The number of ether oxygens (including phenoxy) is 1. The van der Waals surface area contributed by atoms with Gasteiger partial charge in [-0.2, -0.15) is 13.2 Å². The Morgan fingerprint density at radius 1 is 1.30 bits per heavy atom. The third-order valence-corrected chi connectivity index (χ3v) is 3.26. The summed E-state index contributed by atoms with van der Waals surface area (Å²) in [5.41, 5.74) is 0. The maximum absolute atomic E-state index is 11.8. The van der Waals surface area contributed by atoms with Crippen molar-refractivity contribution in [3.8, 4) is 0 Å². The zero-order valence-corrected chi connectivity index (χ0v) is 11.1. The molecule has 0 heterocycles. The summed E-state index contributed by atoms with van der Waals surface area (Å²) in [6.07, 6.45) is -3.47. The minimum Gasteiger partial charge on any atom is -0.481 e. The maximum Gasteiger partial charge on any atom is 0.411 e. The molecular formula is C12H18F3NO4. The number of hydrogen-bond donors (Lipinski definition) is 2. The Labute approximate surface area is 114 Å². The molecule has 1 rings (SSSR count). The molecule has 0 aromatic rings. The molecule has 8 heteroatoms. The Morgan fingerprint density at radius 3 is 2.45 bits per heavy atom. The van der Waals surface area contributed by atoms with Crippen molar-refractivity contribution in [2.45, 2.75) is 25.9 Å². The van der Waals surface area contributed by atoms with Crippen molar-refractivity contribution in [3.63, 3.8) is 0 Å². The van der Waals surface area contributed by atoms with Gasteiger partial charge in [0.2, 0.25) is 5.91 Å². The molecule has 1 fully saturated rings. The number of carbonyl (C=O) groups is 2. The van der Waals surface area contributed by atoms with Gasteiger partial charge < -0.3 is 15.2 Å². The summed E-state index contributed by atoms with van der Waals surface area (Å²) in [5.74, 6) is -2.64. The largest absolute Gasteiger partial charge is 0.481 e. The molecule has 116 valence electrons. The molecule has 3 atom stereocenters. The van der Waals surface area contributed by atoms with E-state index >= 15 is 0 Å². The number of alkyl halides is 3. The van der Waals surface area contributed by atoms with Gasteiger partial charge in [-0.3, -0.25) is 9.59 Å². The van der Waals surface area contributed by atoms with E-state index in [0.717, 1.165) is 0 Å². The summed E-state index contributed by atoms with van der Waals surface area (Å²) >= 11 is 0. The van der Waals surface area contributed by atoms with Crippen LogP contribution in [0.15, 0.2) is 0 Å². The molecule has 0 aromatic heterocycles.